The first kappa shape index (κ1) is 21.5. The molecule has 0 aliphatic carbocycles. The number of amides is 2. The summed E-state index contributed by atoms with van der Waals surface area (Å²) in [5.41, 5.74) is 1.20. The van der Waals surface area contributed by atoms with Gasteiger partial charge in [-0.05, 0) is 35.2 Å². The number of fused-ring (bicyclic) bond motifs is 1. The number of nitro groups is 1. The Bertz CT molecular complexity index is 1380. The maximum absolute atomic E-state index is 13.2. The fourth-order valence-electron chi connectivity index (χ4n) is 3.36. The lowest BCUT2D eigenvalue weighted by Gasteiger charge is -2.13. The molecule has 4 aromatic rings. The normalized spacial score (nSPS) is 11.1. The Morgan fingerprint density at radius 2 is 1.52 bits per heavy atom. The molecule has 2 amide bonds. The van der Waals surface area contributed by atoms with Crippen LogP contribution in [0.1, 0.15) is 15.9 Å². The van der Waals surface area contributed by atoms with E-state index < -0.39 is 16.7 Å². The van der Waals surface area contributed by atoms with Crippen LogP contribution in [0.4, 0.5) is 11.4 Å². The van der Waals surface area contributed by atoms with Gasteiger partial charge in [0.15, 0.2) is 0 Å². The molecule has 2 N–H and O–H groups in total. The molecule has 0 heterocycles. The number of non-ortho nitro benzene ring substituents is 1. The fourth-order valence-corrected chi connectivity index (χ4v) is 3.36. The van der Waals surface area contributed by atoms with Crippen LogP contribution < -0.4 is 10.6 Å². The third kappa shape index (κ3) is 5.11. The third-order valence-electron chi connectivity index (χ3n) is 4.96. The van der Waals surface area contributed by atoms with Crippen molar-refractivity contribution in [3.05, 3.63) is 124 Å². The van der Waals surface area contributed by atoms with E-state index in [0.717, 1.165) is 10.8 Å². The van der Waals surface area contributed by atoms with Crippen molar-refractivity contribution in [2.75, 3.05) is 5.32 Å². The summed E-state index contributed by atoms with van der Waals surface area (Å²) in [6, 6.07) is 27.4. The second-order valence-corrected chi connectivity index (χ2v) is 7.21. The minimum absolute atomic E-state index is 0.0442. The van der Waals surface area contributed by atoms with Gasteiger partial charge in [0.25, 0.3) is 17.5 Å². The highest BCUT2D eigenvalue weighted by molar-refractivity contribution is 6.13. The SMILES string of the molecule is O=C(Nc1cccc2ccccc12)/C(=C\c1cccc([N+](=O)[O-])c1)NC(=O)c1ccccc1. The zero-order chi connectivity index (χ0) is 23.2. The molecule has 33 heavy (non-hydrogen) atoms. The summed E-state index contributed by atoms with van der Waals surface area (Å²) in [7, 11) is 0. The molecular weight excluding hydrogens is 418 g/mol. The largest absolute Gasteiger partial charge is 0.320 e. The maximum Gasteiger partial charge on any atom is 0.272 e. The number of nitro benzene ring substituents is 1. The van der Waals surface area contributed by atoms with Crippen molar-refractivity contribution in [3.63, 3.8) is 0 Å². The van der Waals surface area contributed by atoms with E-state index in [1.807, 2.05) is 36.4 Å². The molecule has 0 saturated heterocycles. The number of carbonyl (C=O) groups is 2. The average molecular weight is 437 g/mol. The summed E-state index contributed by atoms with van der Waals surface area (Å²) >= 11 is 0. The smallest absolute Gasteiger partial charge is 0.272 e. The van der Waals surface area contributed by atoms with E-state index in [1.54, 1.807) is 42.5 Å². The Balaban J connectivity index is 1.69. The number of carbonyl (C=O) groups excluding carboxylic acids is 2. The zero-order valence-corrected chi connectivity index (χ0v) is 17.4. The lowest BCUT2D eigenvalue weighted by molar-refractivity contribution is -0.384. The van der Waals surface area contributed by atoms with Gasteiger partial charge >= 0.3 is 0 Å². The molecule has 7 nitrogen and oxygen atoms in total. The Morgan fingerprint density at radius 3 is 2.30 bits per heavy atom. The van der Waals surface area contributed by atoms with Crippen molar-refractivity contribution in [1.82, 2.24) is 5.32 Å². The van der Waals surface area contributed by atoms with Gasteiger partial charge in [0.05, 0.1) is 4.92 Å². The number of nitrogens with zero attached hydrogens (tertiary/aromatic N) is 1. The number of anilines is 1. The molecule has 4 aromatic carbocycles. The van der Waals surface area contributed by atoms with Gasteiger partial charge in [0.1, 0.15) is 5.70 Å². The maximum atomic E-state index is 13.2. The van der Waals surface area contributed by atoms with E-state index in [-0.39, 0.29) is 11.4 Å². The van der Waals surface area contributed by atoms with Gasteiger partial charge in [-0.2, -0.15) is 0 Å². The predicted octanol–water partition coefficient (Wildman–Crippen LogP) is 5.16. The van der Waals surface area contributed by atoms with Crippen LogP contribution in [-0.2, 0) is 4.79 Å². The summed E-state index contributed by atoms with van der Waals surface area (Å²) in [6.45, 7) is 0. The van der Waals surface area contributed by atoms with E-state index in [0.29, 0.717) is 16.8 Å². The lowest BCUT2D eigenvalue weighted by atomic mass is 10.1. The van der Waals surface area contributed by atoms with Crippen LogP contribution in [0.25, 0.3) is 16.8 Å². The Kier molecular flexibility index (Phi) is 6.22. The average Bonchev–Trinajstić information content (AvgIpc) is 2.84. The molecule has 0 spiro atoms. The van der Waals surface area contributed by atoms with Gasteiger partial charge in [-0.25, -0.2) is 0 Å². The molecule has 162 valence electrons. The number of benzene rings is 4. The van der Waals surface area contributed by atoms with E-state index in [9.17, 15) is 19.7 Å². The second kappa shape index (κ2) is 9.57. The van der Waals surface area contributed by atoms with Gasteiger partial charge in [0.2, 0.25) is 0 Å². The molecule has 0 saturated carbocycles. The molecule has 0 aliphatic rings. The van der Waals surface area contributed by atoms with Crippen molar-refractivity contribution in [2.45, 2.75) is 0 Å². The molecule has 4 rings (SSSR count). The summed E-state index contributed by atoms with van der Waals surface area (Å²) < 4.78 is 0. The van der Waals surface area contributed by atoms with Crippen LogP contribution in [0.5, 0.6) is 0 Å². The molecule has 7 heteroatoms. The number of rotatable bonds is 6. The first-order valence-corrected chi connectivity index (χ1v) is 10.1. The van der Waals surface area contributed by atoms with Crippen molar-refractivity contribution >= 4 is 40.0 Å². The van der Waals surface area contributed by atoms with E-state index in [1.165, 1.54) is 24.3 Å². The zero-order valence-electron chi connectivity index (χ0n) is 17.4. The molecule has 0 atom stereocenters. The van der Waals surface area contributed by atoms with Crippen molar-refractivity contribution in [3.8, 4) is 0 Å². The van der Waals surface area contributed by atoms with Gasteiger partial charge in [-0.3, -0.25) is 19.7 Å². The predicted molar refractivity (Wildman–Crippen MR) is 128 cm³/mol. The molecule has 0 fully saturated rings. The number of hydrogen-bond acceptors (Lipinski definition) is 4. The summed E-state index contributed by atoms with van der Waals surface area (Å²) in [4.78, 5) is 36.6. The molecule has 0 aliphatic heterocycles. The highest BCUT2D eigenvalue weighted by Crippen LogP contribution is 2.24. The number of nitrogens with one attached hydrogen (secondary N) is 2. The standard InChI is InChI=1S/C26H19N3O4/c30-25(20-10-2-1-3-11-20)28-24(17-18-8-6-13-21(16-18)29(32)33)26(31)27-23-15-7-12-19-9-4-5-14-22(19)23/h1-17H,(H,27,31)(H,28,30)/b24-17+. The van der Waals surface area contributed by atoms with E-state index in [4.69, 9.17) is 0 Å². The minimum Gasteiger partial charge on any atom is -0.320 e. The monoisotopic (exact) mass is 437 g/mol. The summed E-state index contributed by atoms with van der Waals surface area (Å²) in [5, 5.41) is 18.4. The lowest BCUT2D eigenvalue weighted by Crippen LogP contribution is -2.30. The van der Waals surface area contributed by atoms with Crippen LogP contribution >= 0.6 is 0 Å². The number of hydrogen-bond donors (Lipinski definition) is 2. The van der Waals surface area contributed by atoms with Gasteiger partial charge in [0, 0.05) is 28.8 Å². The minimum atomic E-state index is -0.554. The van der Waals surface area contributed by atoms with Crippen molar-refractivity contribution in [2.24, 2.45) is 0 Å². The van der Waals surface area contributed by atoms with Crippen LogP contribution in [0.3, 0.4) is 0 Å². The Labute approximate surface area is 189 Å². The van der Waals surface area contributed by atoms with Crippen LogP contribution in [0, 0.1) is 10.1 Å². The second-order valence-electron chi connectivity index (χ2n) is 7.21. The summed E-state index contributed by atoms with van der Waals surface area (Å²) in [5.74, 6) is -1.03. The van der Waals surface area contributed by atoms with E-state index in [2.05, 4.69) is 10.6 Å². The van der Waals surface area contributed by atoms with Crippen LogP contribution in [0.2, 0.25) is 0 Å². The van der Waals surface area contributed by atoms with Gasteiger partial charge in [-0.1, -0.05) is 66.7 Å². The van der Waals surface area contributed by atoms with Crippen molar-refractivity contribution < 1.29 is 14.5 Å². The Hall–Kier alpha value is -4.78. The van der Waals surface area contributed by atoms with Gasteiger partial charge < -0.3 is 10.6 Å². The highest BCUT2D eigenvalue weighted by Gasteiger charge is 2.16. The molecular formula is C26H19N3O4. The highest BCUT2D eigenvalue weighted by atomic mass is 16.6. The molecule has 0 unspecified atom stereocenters. The fraction of sp³-hybridized carbons (Fsp3) is 0. The van der Waals surface area contributed by atoms with Crippen molar-refractivity contribution in [1.29, 1.82) is 0 Å². The third-order valence-corrected chi connectivity index (χ3v) is 4.96. The first-order chi connectivity index (χ1) is 16.0. The Morgan fingerprint density at radius 1 is 0.818 bits per heavy atom. The molecule has 0 radical (unpaired) electrons. The first-order valence-electron chi connectivity index (χ1n) is 10.1. The molecule has 0 bridgehead atoms. The van der Waals surface area contributed by atoms with Crippen LogP contribution in [-0.4, -0.2) is 16.7 Å². The van der Waals surface area contributed by atoms with Crippen LogP contribution in [0.15, 0.2) is 103 Å². The summed E-state index contributed by atoms with van der Waals surface area (Å²) in [6.07, 6.45) is 1.41. The molecule has 0 aromatic heterocycles. The van der Waals surface area contributed by atoms with Gasteiger partial charge in [-0.15, -0.1) is 0 Å². The topological polar surface area (TPSA) is 101 Å². The quantitative estimate of drug-likeness (QED) is 0.247. The van der Waals surface area contributed by atoms with E-state index >= 15 is 0 Å².